The number of anilines is 2. The Morgan fingerprint density at radius 2 is 1.85 bits per heavy atom. The lowest BCUT2D eigenvalue weighted by Gasteiger charge is -2.39. The van der Waals surface area contributed by atoms with Crippen LogP contribution in [-0.2, 0) is 24.7 Å². The minimum Gasteiger partial charge on any atom is -0.476 e. The summed E-state index contributed by atoms with van der Waals surface area (Å²) < 4.78 is 11.2. The molecule has 1 fully saturated rings. The summed E-state index contributed by atoms with van der Waals surface area (Å²) in [6.45, 7) is 9.52. The third-order valence-corrected chi connectivity index (χ3v) is 7.81. The lowest BCUT2D eigenvalue weighted by atomic mass is 9.87. The Bertz CT molecular complexity index is 1230. The fourth-order valence-corrected chi connectivity index (χ4v) is 5.42. The van der Waals surface area contributed by atoms with Crippen molar-refractivity contribution < 1.29 is 23.9 Å². The van der Waals surface area contributed by atoms with Crippen LogP contribution in [0.15, 0.2) is 48.5 Å². The molecule has 4 rings (SSSR count). The summed E-state index contributed by atoms with van der Waals surface area (Å²) in [4.78, 5) is 43.4. The van der Waals surface area contributed by atoms with E-state index in [2.05, 4.69) is 10.6 Å². The van der Waals surface area contributed by atoms with Crippen LogP contribution in [0.5, 0.6) is 5.75 Å². The standard InChI is InChI=1S/C31H42N4O5/c1-30(2,23-11-8-7-9-12-23)33-27(36)21-17-22(20-32-19-21)28(37)34(5)24-13-14-26-25(18-24)35(15-10-16-39-6)29(38)31(3,4)40-26/h7-9,11-14,18,21-22,32H,10,15-17,19-20H2,1-6H3,(H,33,36)/t21-,22+/m0/s1. The number of hydrogen-bond acceptors (Lipinski definition) is 6. The van der Waals surface area contributed by atoms with Crippen LogP contribution in [0.2, 0.25) is 0 Å². The molecule has 40 heavy (non-hydrogen) atoms. The highest BCUT2D eigenvalue weighted by molar-refractivity contribution is 6.03. The zero-order valence-electron chi connectivity index (χ0n) is 24.5. The van der Waals surface area contributed by atoms with Crippen LogP contribution in [0, 0.1) is 11.8 Å². The summed E-state index contributed by atoms with van der Waals surface area (Å²) in [5, 5.41) is 6.46. The molecule has 0 radical (unpaired) electrons. The van der Waals surface area contributed by atoms with Gasteiger partial charge in [0.2, 0.25) is 11.8 Å². The second-order valence-corrected chi connectivity index (χ2v) is 11.7. The van der Waals surface area contributed by atoms with Gasteiger partial charge in [0, 0.05) is 46.1 Å². The van der Waals surface area contributed by atoms with Gasteiger partial charge in [-0.1, -0.05) is 30.3 Å². The first kappa shape index (κ1) is 29.6. The third kappa shape index (κ3) is 6.31. The maximum absolute atomic E-state index is 13.6. The van der Waals surface area contributed by atoms with E-state index < -0.39 is 11.1 Å². The van der Waals surface area contributed by atoms with Gasteiger partial charge in [-0.2, -0.15) is 0 Å². The fraction of sp³-hybridized carbons (Fsp3) is 0.516. The molecule has 2 aliphatic heterocycles. The van der Waals surface area contributed by atoms with Crippen LogP contribution >= 0.6 is 0 Å². The van der Waals surface area contributed by atoms with Gasteiger partial charge in [-0.3, -0.25) is 14.4 Å². The summed E-state index contributed by atoms with van der Waals surface area (Å²) in [6.07, 6.45) is 1.13. The molecule has 9 nitrogen and oxygen atoms in total. The highest BCUT2D eigenvalue weighted by Gasteiger charge is 2.41. The Labute approximate surface area is 237 Å². The van der Waals surface area contributed by atoms with Gasteiger partial charge in [-0.25, -0.2) is 0 Å². The quantitative estimate of drug-likeness (QED) is 0.464. The SMILES string of the molecule is COCCCN1C(=O)C(C)(C)Oc2ccc(N(C)C(=O)[C@H]3CNC[C@@H](C(=O)NC(C)(C)c4ccccc4)C3)cc21. The van der Waals surface area contributed by atoms with Gasteiger partial charge in [-0.05, 0) is 64.3 Å². The van der Waals surface area contributed by atoms with Gasteiger partial charge in [0.25, 0.3) is 5.91 Å². The number of nitrogens with zero attached hydrogens (tertiary/aromatic N) is 2. The van der Waals surface area contributed by atoms with Gasteiger partial charge < -0.3 is 29.9 Å². The van der Waals surface area contributed by atoms with E-state index >= 15 is 0 Å². The summed E-state index contributed by atoms with van der Waals surface area (Å²) in [5.74, 6) is -0.372. The number of piperidine rings is 1. The number of fused-ring (bicyclic) bond motifs is 1. The fourth-order valence-electron chi connectivity index (χ4n) is 5.42. The monoisotopic (exact) mass is 550 g/mol. The van der Waals surface area contributed by atoms with Crippen LogP contribution < -0.4 is 25.2 Å². The minimum atomic E-state index is -0.984. The number of benzene rings is 2. The lowest BCUT2D eigenvalue weighted by molar-refractivity contribution is -0.132. The summed E-state index contributed by atoms with van der Waals surface area (Å²) >= 11 is 0. The summed E-state index contributed by atoms with van der Waals surface area (Å²) in [5.41, 5.74) is 0.808. The Balaban J connectivity index is 1.47. The van der Waals surface area contributed by atoms with Crippen molar-refractivity contribution in [3.63, 3.8) is 0 Å². The van der Waals surface area contributed by atoms with Gasteiger partial charge >= 0.3 is 0 Å². The first-order valence-electron chi connectivity index (χ1n) is 13.9. The smallest absolute Gasteiger partial charge is 0.270 e. The number of carbonyl (C=O) groups excluding carboxylic acids is 3. The summed E-state index contributed by atoms with van der Waals surface area (Å²) in [7, 11) is 3.37. The molecule has 0 aromatic heterocycles. The number of hydrogen-bond donors (Lipinski definition) is 2. The van der Waals surface area contributed by atoms with E-state index in [9.17, 15) is 14.4 Å². The van der Waals surface area contributed by atoms with Crippen molar-refractivity contribution in [2.75, 3.05) is 50.2 Å². The molecule has 3 amide bonds. The molecular formula is C31H42N4O5. The van der Waals surface area contributed by atoms with Crippen LogP contribution in [0.1, 0.15) is 46.1 Å². The van der Waals surface area contributed by atoms with Crippen LogP contribution in [-0.4, -0.2) is 63.7 Å². The van der Waals surface area contributed by atoms with Crippen molar-refractivity contribution in [3.8, 4) is 5.75 Å². The molecule has 2 N–H and O–H groups in total. The minimum absolute atomic E-state index is 0.0692. The van der Waals surface area contributed by atoms with E-state index in [0.717, 1.165) is 5.56 Å². The molecule has 2 aromatic rings. The Kier molecular flexibility index (Phi) is 8.85. The largest absolute Gasteiger partial charge is 0.476 e. The molecule has 1 saturated heterocycles. The molecule has 2 heterocycles. The van der Waals surface area contributed by atoms with Gasteiger partial charge in [0.15, 0.2) is 5.60 Å². The molecule has 2 aromatic carbocycles. The molecule has 0 saturated carbocycles. The predicted octanol–water partition coefficient (Wildman–Crippen LogP) is 3.47. The van der Waals surface area contributed by atoms with Gasteiger partial charge in [0.1, 0.15) is 5.75 Å². The number of carbonyl (C=O) groups is 3. The van der Waals surface area contributed by atoms with Crippen molar-refractivity contribution in [1.82, 2.24) is 10.6 Å². The first-order chi connectivity index (χ1) is 18.9. The van der Waals surface area contributed by atoms with Crippen molar-refractivity contribution >= 4 is 29.1 Å². The Hall–Kier alpha value is -3.43. The summed E-state index contributed by atoms with van der Waals surface area (Å²) in [6, 6.07) is 15.3. The highest BCUT2D eigenvalue weighted by Crippen LogP contribution is 2.40. The zero-order valence-corrected chi connectivity index (χ0v) is 24.5. The number of ether oxygens (including phenoxy) is 2. The third-order valence-electron chi connectivity index (χ3n) is 7.81. The van der Waals surface area contributed by atoms with Crippen LogP contribution in [0.3, 0.4) is 0 Å². The molecular weight excluding hydrogens is 508 g/mol. The van der Waals surface area contributed by atoms with E-state index in [0.29, 0.717) is 56.2 Å². The van der Waals surface area contributed by atoms with Crippen LogP contribution in [0.25, 0.3) is 0 Å². The van der Waals surface area contributed by atoms with Crippen molar-refractivity contribution in [1.29, 1.82) is 0 Å². The number of rotatable bonds is 9. The van der Waals surface area contributed by atoms with E-state index in [4.69, 9.17) is 9.47 Å². The second kappa shape index (κ2) is 12.0. The van der Waals surface area contributed by atoms with Crippen LogP contribution in [0.4, 0.5) is 11.4 Å². The molecule has 2 aliphatic rings. The predicted molar refractivity (Wildman–Crippen MR) is 155 cm³/mol. The Morgan fingerprint density at radius 1 is 1.15 bits per heavy atom. The number of methoxy groups -OCH3 is 1. The lowest BCUT2D eigenvalue weighted by Crippen LogP contribution is -2.53. The average Bonchev–Trinajstić information content (AvgIpc) is 2.94. The van der Waals surface area contributed by atoms with E-state index in [1.807, 2.05) is 62.4 Å². The molecule has 2 atom stereocenters. The Morgan fingerprint density at radius 3 is 2.55 bits per heavy atom. The molecule has 0 bridgehead atoms. The molecule has 0 spiro atoms. The molecule has 216 valence electrons. The van der Waals surface area contributed by atoms with E-state index in [-0.39, 0.29) is 29.6 Å². The van der Waals surface area contributed by atoms with Gasteiger partial charge in [-0.15, -0.1) is 0 Å². The van der Waals surface area contributed by atoms with Crippen molar-refractivity contribution in [3.05, 3.63) is 54.1 Å². The number of nitrogens with one attached hydrogen (secondary N) is 2. The average molecular weight is 551 g/mol. The van der Waals surface area contributed by atoms with E-state index in [1.165, 1.54) is 0 Å². The normalized spacial score (nSPS) is 20.4. The molecule has 9 heteroatoms. The topological polar surface area (TPSA) is 100 Å². The number of amides is 3. The first-order valence-corrected chi connectivity index (χ1v) is 13.9. The van der Waals surface area contributed by atoms with Crippen molar-refractivity contribution in [2.45, 2.75) is 51.7 Å². The van der Waals surface area contributed by atoms with E-state index in [1.54, 1.807) is 37.8 Å². The zero-order chi connectivity index (χ0) is 29.1. The van der Waals surface area contributed by atoms with Gasteiger partial charge in [0.05, 0.1) is 23.1 Å². The maximum atomic E-state index is 13.6. The second-order valence-electron chi connectivity index (χ2n) is 11.7. The van der Waals surface area contributed by atoms with Crippen molar-refractivity contribution in [2.24, 2.45) is 11.8 Å². The molecule has 0 unspecified atom stereocenters. The highest BCUT2D eigenvalue weighted by atomic mass is 16.5. The maximum Gasteiger partial charge on any atom is 0.270 e. The molecule has 0 aliphatic carbocycles.